The first-order chi connectivity index (χ1) is 27.9. The third kappa shape index (κ3) is 6.61. The highest BCUT2D eigenvalue weighted by molar-refractivity contribution is 6.09. The number of ether oxygens (including phenoxy) is 1. The molecular formula is C52H48N4O. The Hall–Kier alpha value is -6.33. The van der Waals surface area contributed by atoms with E-state index < -0.39 is 0 Å². The molecule has 2 aliphatic rings. The summed E-state index contributed by atoms with van der Waals surface area (Å²) in [5, 5.41) is 2.37. The summed E-state index contributed by atoms with van der Waals surface area (Å²) in [6.07, 6.45) is 8.44. The highest BCUT2D eigenvalue weighted by atomic mass is 16.5. The van der Waals surface area contributed by atoms with Gasteiger partial charge in [-0.1, -0.05) is 113 Å². The first kappa shape index (κ1) is 35.1. The number of anilines is 4. The quantitative estimate of drug-likeness (QED) is 0.163. The van der Waals surface area contributed by atoms with E-state index in [1.807, 2.05) is 6.20 Å². The Kier molecular flexibility index (Phi) is 8.82. The summed E-state index contributed by atoms with van der Waals surface area (Å²) in [6.45, 7) is 7.44. The molecule has 6 aromatic carbocycles. The van der Waals surface area contributed by atoms with Crippen molar-refractivity contribution in [2.75, 3.05) is 16.5 Å². The van der Waals surface area contributed by atoms with Gasteiger partial charge in [-0.25, -0.2) is 4.98 Å². The van der Waals surface area contributed by atoms with Gasteiger partial charge in [-0.15, -0.1) is 0 Å². The van der Waals surface area contributed by atoms with Gasteiger partial charge < -0.3 is 14.5 Å². The lowest BCUT2D eigenvalue weighted by molar-refractivity contribution is 0.444. The largest absolute Gasteiger partial charge is 0.457 e. The van der Waals surface area contributed by atoms with Crippen LogP contribution in [0.1, 0.15) is 69.9 Å². The summed E-state index contributed by atoms with van der Waals surface area (Å²) in [5.41, 5.74) is 12.2. The molecule has 0 spiro atoms. The number of para-hydroxylation sites is 3. The molecule has 0 amide bonds. The fourth-order valence-corrected chi connectivity index (χ4v) is 9.03. The number of hydrogen-bond donors (Lipinski definition) is 0. The molecular weight excluding hydrogens is 697 g/mol. The van der Waals surface area contributed by atoms with Crippen molar-refractivity contribution in [1.29, 1.82) is 0 Å². The van der Waals surface area contributed by atoms with Crippen LogP contribution >= 0.6 is 0 Å². The Morgan fingerprint density at radius 2 is 1.28 bits per heavy atom. The SMILES string of the molecule is CC(C)(C)c1ccnc(-n2c3ccccc3c3ccc(Oc4cccc(N5CN(c6cc(-c7ccccc7)cc(C7CCCCC7)c6)c6ccccc65)c4)cc32)c1. The van der Waals surface area contributed by atoms with E-state index in [4.69, 9.17) is 9.72 Å². The Labute approximate surface area is 335 Å². The van der Waals surface area contributed by atoms with Crippen LogP contribution in [0.2, 0.25) is 0 Å². The number of fused-ring (bicyclic) bond motifs is 4. The minimum atomic E-state index is 0.00665. The van der Waals surface area contributed by atoms with Crippen molar-refractivity contribution in [2.24, 2.45) is 0 Å². The van der Waals surface area contributed by atoms with Gasteiger partial charge in [0, 0.05) is 40.5 Å². The zero-order chi connectivity index (χ0) is 38.5. The molecule has 0 saturated heterocycles. The Morgan fingerprint density at radius 3 is 2.09 bits per heavy atom. The van der Waals surface area contributed by atoms with E-state index in [9.17, 15) is 0 Å². The van der Waals surface area contributed by atoms with E-state index >= 15 is 0 Å². The van der Waals surface area contributed by atoms with E-state index in [0.717, 1.165) is 34.0 Å². The smallest absolute Gasteiger partial charge is 0.137 e. The third-order valence-electron chi connectivity index (χ3n) is 12.0. The maximum atomic E-state index is 6.72. The molecule has 3 heterocycles. The minimum Gasteiger partial charge on any atom is -0.457 e. The molecule has 0 N–H and O–H groups in total. The van der Waals surface area contributed by atoms with Crippen LogP contribution in [-0.2, 0) is 5.41 Å². The standard InChI is InChI=1S/C52H48N4O/c1-52(2,3)40-27-28-53-51(32-40)56-47-22-11-10-21-45(47)46-26-25-44(34-50(46)56)57-43-20-14-19-41(33-43)54-35-55(49-24-13-12-23-48(49)54)42-30-38(36-15-6-4-7-16-36)29-39(31-42)37-17-8-5-9-18-37/h4,6-7,10-16,19-34,37H,5,8-9,17-18,35H2,1-3H3. The van der Waals surface area contributed by atoms with Crippen molar-refractivity contribution in [1.82, 2.24) is 9.55 Å². The molecule has 57 heavy (non-hydrogen) atoms. The second-order valence-corrected chi connectivity index (χ2v) is 16.8. The van der Waals surface area contributed by atoms with Crippen LogP contribution in [0.3, 0.4) is 0 Å². The second kappa shape index (κ2) is 14.3. The molecule has 1 aliphatic carbocycles. The number of pyridine rings is 1. The summed E-state index contributed by atoms with van der Waals surface area (Å²) in [5.74, 6) is 3.09. The topological polar surface area (TPSA) is 33.5 Å². The minimum absolute atomic E-state index is 0.00665. The Bertz CT molecular complexity index is 2740. The van der Waals surface area contributed by atoms with Crippen molar-refractivity contribution in [3.63, 3.8) is 0 Å². The summed E-state index contributed by atoms with van der Waals surface area (Å²) >= 11 is 0. The fourth-order valence-electron chi connectivity index (χ4n) is 9.03. The molecule has 10 rings (SSSR count). The van der Waals surface area contributed by atoms with Gasteiger partial charge in [0.1, 0.15) is 24.0 Å². The van der Waals surface area contributed by atoms with Crippen LogP contribution in [-0.4, -0.2) is 16.2 Å². The van der Waals surface area contributed by atoms with Crippen LogP contribution in [0.25, 0.3) is 38.8 Å². The van der Waals surface area contributed by atoms with Crippen LogP contribution in [0.5, 0.6) is 11.5 Å². The van der Waals surface area contributed by atoms with Gasteiger partial charge in [0.05, 0.1) is 22.4 Å². The van der Waals surface area contributed by atoms with Crippen LogP contribution < -0.4 is 14.5 Å². The van der Waals surface area contributed by atoms with Crippen LogP contribution in [0.4, 0.5) is 22.7 Å². The van der Waals surface area contributed by atoms with Gasteiger partial charge in [-0.2, -0.15) is 0 Å². The monoisotopic (exact) mass is 744 g/mol. The molecule has 5 nitrogen and oxygen atoms in total. The molecule has 2 aromatic heterocycles. The lowest BCUT2D eigenvalue weighted by atomic mass is 9.83. The predicted molar refractivity (Wildman–Crippen MR) is 237 cm³/mol. The van der Waals surface area contributed by atoms with Crippen molar-refractivity contribution >= 4 is 44.6 Å². The zero-order valence-corrected chi connectivity index (χ0v) is 33.0. The van der Waals surface area contributed by atoms with Crippen molar-refractivity contribution in [2.45, 2.75) is 64.2 Å². The number of rotatable bonds is 7. The summed E-state index contributed by atoms with van der Waals surface area (Å²) in [7, 11) is 0. The second-order valence-electron chi connectivity index (χ2n) is 16.8. The number of hydrogen-bond acceptors (Lipinski definition) is 4. The first-order valence-corrected chi connectivity index (χ1v) is 20.5. The van der Waals surface area contributed by atoms with Gasteiger partial charge in [-0.05, 0) is 113 Å². The van der Waals surface area contributed by atoms with E-state index in [1.54, 1.807) is 0 Å². The zero-order valence-electron chi connectivity index (χ0n) is 33.0. The highest BCUT2D eigenvalue weighted by Gasteiger charge is 2.29. The normalized spacial score (nSPS) is 14.7. The van der Waals surface area contributed by atoms with Crippen molar-refractivity contribution < 1.29 is 4.74 Å². The molecule has 1 saturated carbocycles. The van der Waals surface area contributed by atoms with Crippen molar-refractivity contribution in [3.05, 3.63) is 169 Å². The molecule has 0 radical (unpaired) electrons. The Morgan fingerprint density at radius 1 is 0.561 bits per heavy atom. The number of aromatic nitrogens is 2. The molecule has 8 aromatic rings. The van der Waals surface area contributed by atoms with E-state index in [2.05, 4.69) is 187 Å². The number of benzene rings is 6. The van der Waals surface area contributed by atoms with Gasteiger partial charge in [0.25, 0.3) is 0 Å². The van der Waals surface area contributed by atoms with Gasteiger partial charge in [0.15, 0.2) is 0 Å². The lowest BCUT2D eigenvalue weighted by Gasteiger charge is -2.27. The summed E-state index contributed by atoms with van der Waals surface area (Å²) < 4.78 is 8.99. The first-order valence-electron chi connectivity index (χ1n) is 20.5. The molecule has 5 heteroatoms. The van der Waals surface area contributed by atoms with E-state index in [1.165, 1.54) is 82.2 Å². The summed E-state index contributed by atoms with van der Waals surface area (Å²) in [4.78, 5) is 9.77. The van der Waals surface area contributed by atoms with E-state index in [0.29, 0.717) is 12.6 Å². The highest BCUT2D eigenvalue weighted by Crippen LogP contribution is 2.47. The maximum Gasteiger partial charge on any atom is 0.137 e. The van der Waals surface area contributed by atoms with E-state index in [-0.39, 0.29) is 5.41 Å². The van der Waals surface area contributed by atoms with Crippen molar-refractivity contribution in [3.8, 4) is 28.4 Å². The fraction of sp³-hybridized carbons (Fsp3) is 0.212. The number of nitrogens with zero attached hydrogens (tertiary/aromatic N) is 4. The molecule has 1 aliphatic heterocycles. The molecule has 282 valence electrons. The lowest BCUT2D eigenvalue weighted by Crippen LogP contribution is -2.24. The summed E-state index contributed by atoms with van der Waals surface area (Å²) in [6, 6.07) is 54.8. The average Bonchev–Trinajstić information content (AvgIpc) is 3.80. The van der Waals surface area contributed by atoms with Crippen LogP contribution in [0, 0.1) is 0 Å². The van der Waals surface area contributed by atoms with Crippen LogP contribution in [0.15, 0.2) is 158 Å². The van der Waals surface area contributed by atoms with Gasteiger partial charge in [0.2, 0.25) is 0 Å². The molecule has 1 fully saturated rings. The molecule has 0 unspecified atom stereocenters. The Balaban J connectivity index is 0.995. The van der Waals surface area contributed by atoms with Gasteiger partial charge in [-0.3, -0.25) is 4.57 Å². The third-order valence-corrected chi connectivity index (χ3v) is 12.0. The predicted octanol–water partition coefficient (Wildman–Crippen LogP) is 14.2. The average molecular weight is 745 g/mol. The molecule has 0 atom stereocenters. The maximum absolute atomic E-state index is 6.72. The molecule has 0 bridgehead atoms. The van der Waals surface area contributed by atoms with Gasteiger partial charge >= 0.3 is 0 Å².